The highest BCUT2D eigenvalue weighted by atomic mass is 79.9. The van der Waals surface area contributed by atoms with Crippen LogP contribution < -0.4 is 5.32 Å². The molecule has 3 nitrogen and oxygen atoms in total. The molecule has 0 amide bonds. The van der Waals surface area contributed by atoms with Gasteiger partial charge in [0.2, 0.25) is 0 Å². The summed E-state index contributed by atoms with van der Waals surface area (Å²) in [6.07, 6.45) is 3.82. The van der Waals surface area contributed by atoms with Crippen molar-refractivity contribution in [3.05, 3.63) is 44.6 Å². The van der Waals surface area contributed by atoms with E-state index in [0.29, 0.717) is 16.6 Å². The fourth-order valence-corrected chi connectivity index (χ4v) is 2.91. The number of benzene rings is 1. The van der Waals surface area contributed by atoms with Crippen LogP contribution in [0.4, 0.5) is 5.69 Å². The molecule has 0 fully saturated rings. The molecule has 1 heterocycles. The highest BCUT2D eigenvalue weighted by molar-refractivity contribution is 9.10. The van der Waals surface area contributed by atoms with Crippen LogP contribution in [-0.4, -0.2) is 9.78 Å². The van der Waals surface area contributed by atoms with Gasteiger partial charge < -0.3 is 5.32 Å². The van der Waals surface area contributed by atoms with Gasteiger partial charge in [-0.15, -0.1) is 0 Å². The summed E-state index contributed by atoms with van der Waals surface area (Å²) in [4.78, 5) is 0. The molecule has 0 saturated heterocycles. The molecule has 0 spiro atoms. The molecule has 1 aromatic heterocycles. The second-order valence-corrected chi connectivity index (χ2v) is 5.53. The Labute approximate surface area is 124 Å². The maximum atomic E-state index is 6.14. The molecule has 0 aliphatic heterocycles. The maximum Gasteiger partial charge on any atom is 0.0722 e. The van der Waals surface area contributed by atoms with Gasteiger partial charge in [-0.25, -0.2) is 0 Å². The Morgan fingerprint density at radius 1 is 1.33 bits per heavy atom. The van der Waals surface area contributed by atoms with E-state index in [9.17, 15) is 0 Å². The van der Waals surface area contributed by atoms with Crippen LogP contribution >= 0.6 is 39.1 Å². The number of hydrogen-bond acceptors (Lipinski definition) is 2. The number of halogens is 3. The van der Waals surface area contributed by atoms with Gasteiger partial charge in [0.05, 0.1) is 21.9 Å². The third kappa shape index (κ3) is 3.19. The van der Waals surface area contributed by atoms with Crippen molar-refractivity contribution in [2.75, 3.05) is 5.32 Å². The molecule has 0 atom stereocenters. The van der Waals surface area contributed by atoms with Crippen LogP contribution in [0, 0.1) is 0 Å². The third-order valence-corrected chi connectivity index (χ3v) is 3.54. The lowest BCUT2D eigenvalue weighted by Gasteiger charge is -2.09. The van der Waals surface area contributed by atoms with Gasteiger partial charge in [0.15, 0.2) is 0 Å². The first-order chi connectivity index (χ1) is 8.60. The summed E-state index contributed by atoms with van der Waals surface area (Å²) in [6.45, 7) is 3.55. The first-order valence-electron chi connectivity index (χ1n) is 5.50. The minimum Gasteiger partial charge on any atom is -0.378 e. The van der Waals surface area contributed by atoms with Crippen LogP contribution in [0.3, 0.4) is 0 Å². The minimum absolute atomic E-state index is 0.595. The first kappa shape index (κ1) is 13.7. The zero-order chi connectivity index (χ0) is 13.1. The van der Waals surface area contributed by atoms with Gasteiger partial charge in [-0.1, -0.05) is 39.1 Å². The van der Waals surface area contributed by atoms with Gasteiger partial charge in [-0.3, -0.25) is 4.68 Å². The van der Waals surface area contributed by atoms with Gasteiger partial charge in [0.1, 0.15) is 0 Å². The van der Waals surface area contributed by atoms with Crippen molar-refractivity contribution >= 4 is 44.8 Å². The van der Waals surface area contributed by atoms with E-state index in [2.05, 4.69) is 26.3 Å². The van der Waals surface area contributed by atoms with Gasteiger partial charge in [-0.2, -0.15) is 5.10 Å². The van der Waals surface area contributed by atoms with Crippen molar-refractivity contribution < 1.29 is 0 Å². The number of rotatable bonds is 4. The van der Waals surface area contributed by atoms with E-state index < -0.39 is 0 Å². The van der Waals surface area contributed by atoms with E-state index in [1.807, 2.05) is 36.1 Å². The summed E-state index contributed by atoms with van der Waals surface area (Å²) in [5.41, 5.74) is 1.83. The second kappa shape index (κ2) is 5.95. The van der Waals surface area contributed by atoms with E-state index in [4.69, 9.17) is 23.2 Å². The smallest absolute Gasteiger partial charge is 0.0722 e. The van der Waals surface area contributed by atoms with E-state index in [0.717, 1.165) is 22.3 Å². The summed E-state index contributed by atoms with van der Waals surface area (Å²) < 4.78 is 2.74. The summed E-state index contributed by atoms with van der Waals surface area (Å²) >= 11 is 15.6. The standard InChI is InChI=1S/C12H12BrCl2N3/c1-2-18-7-8(6-17-18)5-16-12-10(14)3-9(13)4-11(12)15/h3-4,6-7,16H,2,5H2,1H3. The van der Waals surface area contributed by atoms with Crippen LogP contribution in [0.2, 0.25) is 10.0 Å². The molecule has 2 aromatic rings. The van der Waals surface area contributed by atoms with Crippen LogP contribution in [0.1, 0.15) is 12.5 Å². The van der Waals surface area contributed by atoms with Crippen molar-refractivity contribution in [1.29, 1.82) is 0 Å². The van der Waals surface area contributed by atoms with Crippen LogP contribution in [0.25, 0.3) is 0 Å². The molecule has 96 valence electrons. The van der Waals surface area contributed by atoms with Crippen molar-refractivity contribution in [3.8, 4) is 0 Å². The zero-order valence-electron chi connectivity index (χ0n) is 9.75. The number of aryl methyl sites for hydroxylation is 1. The maximum absolute atomic E-state index is 6.14. The van der Waals surface area contributed by atoms with E-state index >= 15 is 0 Å². The summed E-state index contributed by atoms with van der Waals surface area (Å²) in [6, 6.07) is 3.62. The van der Waals surface area contributed by atoms with Crippen LogP contribution in [0.5, 0.6) is 0 Å². The lowest BCUT2D eigenvalue weighted by atomic mass is 10.3. The highest BCUT2D eigenvalue weighted by Crippen LogP contribution is 2.34. The largest absolute Gasteiger partial charge is 0.378 e. The van der Waals surface area contributed by atoms with Gasteiger partial charge >= 0.3 is 0 Å². The number of hydrogen-bond donors (Lipinski definition) is 1. The Balaban J connectivity index is 2.10. The summed E-state index contributed by atoms with van der Waals surface area (Å²) in [7, 11) is 0. The summed E-state index contributed by atoms with van der Waals surface area (Å²) in [5.74, 6) is 0. The zero-order valence-corrected chi connectivity index (χ0v) is 12.8. The monoisotopic (exact) mass is 347 g/mol. The molecular formula is C12H12BrCl2N3. The average molecular weight is 349 g/mol. The molecule has 1 aromatic carbocycles. The van der Waals surface area contributed by atoms with E-state index in [1.165, 1.54) is 0 Å². The normalized spacial score (nSPS) is 10.7. The Hall–Kier alpha value is -0.710. The predicted molar refractivity (Wildman–Crippen MR) is 79.4 cm³/mol. The lowest BCUT2D eigenvalue weighted by Crippen LogP contribution is -2.00. The number of anilines is 1. The van der Waals surface area contributed by atoms with Gasteiger partial charge in [0, 0.05) is 29.3 Å². The average Bonchev–Trinajstić information content (AvgIpc) is 2.75. The molecule has 0 aliphatic rings. The van der Waals surface area contributed by atoms with Crippen LogP contribution in [0.15, 0.2) is 29.0 Å². The minimum atomic E-state index is 0.595. The number of aromatic nitrogens is 2. The highest BCUT2D eigenvalue weighted by Gasteiger charge is 2.07. The fraction of sp³-hybridized carbons (Fsp3) is 0.250. The lowest BCUT2D eigenvalue weighted by molar-refractivity contribution is 0.659. The SMILES string of the molecule is CCn1cc(CNc2c(Cl)cc(Br)cc2Cl)cn1. The van der Waals surface area contributed by atoms with E-state index in [-0.39, 0.29) is 0 Å². The molecule has 0 aliphatic carbocycles. The quantitative estimate of drug-likeness (QED) is 0.876. The van der Waals surface area contributed by atoms with Crippen molar-refractivity contribution in [2.45, 2.75) is 20.0 Å². The Morgan fingerprint density at radius 3 is 2.56 bits per heavy atom. The molecule has 0 unspecified atom stereocenters. The Kier molecular flexibility index (Phi) is 4.54. The first-order valence-corrected chi connectivity index (χ1v) is 7.04. The number of nitrogens with zero attached hydrogens (tertiary/aromatic N) is 2. The third-order valence-electron chi connectivity index (χ3n) is 2.49. The Morgan fingerprint density at radius 2 is 2.00 bits per heavy atom. The molecule has 18 heavy (non-hydrogen) atoms. The predicted octanol–water partition coefficient (Wildman–Crippen LogP) is 4.58. The number of nitrogens with one attached hydrogen (secondary N) is 1. The molecule has 0 bridgehead atoms. The van der Waals surface area contributed by atoms with Gasteiger partial charge in [-0.05, 0) is 19.1 Å². The summed E-state index contributed by atoms with van der Waals surface area (Å²) in [5, 5.41) is 8.62. The van der Waals surface area contributed by atoms with Crippen LogP contribution in [-0.2, 0) is 13.1 Å². The van der Waals surface area contributed by atoms with Crippen molar-refractivity contribution in [1.82, 2.24) is 9.78 Å². The van der Waals surface area contributed by atoms with Crippen molar-refractivity contribution in [2.24, 2.45) is 0 Å². The second-order valence-electron chi connectivity index (χ2n) is 3.80. The molecule has 1 N–H and O–H groups in total. The van der Waals surface area contributed by atoms with Crippen molar-refractivity contribution in [3.63, 3.8) is 0 Å². The molecule has 0 saturated carbocycles. The topological polar surface area (TPSA) is 29.9 Å². The fourth-order valence-electron chi connectivity index (χ4n) is 1.57. The molecule has 0 radical (unpaired) electrons. The molecule has 6 heteroatoms. The molecular weight excluding hydrogens is 337 g/mol. The Bertz CT molecular complexity index is 531. The van der Waals surface area contributed by atoms with Gasteiger partial charge in [0.25, 0.3) is 0 Å². The molecule has 2 rings (SSSR count). The van der Waals surface area contributed by atoms with E-state index in [1.54, 1.807) is 0 Å².